The van der Waals surface area contributed by atoms with Crippen LogP contribution < -0.4 is 5.32 Å². The fraction of sp³-hybridized carbons (Fsp3) is 0.316. The lowest BCUT2D eigenvalue weighted by Crippen LogP contribution is -2.47. The third-order valence-corrected chi connectivity index (χ3v) is 7.79. The normalized spacial score (nSPS) is 16.0. The van der Waals surface area contributed by atoms with E-state index in [-0.39, 0.29) is 37.8 Å². The number of thioether (sulfide) groups is 1. The van der Waals surface area contributed by atoms with Crippen LogP contribution >= 0.6 is 23.4 Å². The average molecular weight is 476 g/mol. The predicted octanol–water partition coefficient (Wildman–Crippen LogP) is 3.84. The third kappa shape index (κ3) is 5.30. The summed E-state index contributed by atoms with van der Waals surface area (Å²) >= 11 is 6.22. The molecule has 0 bridgehead atoms. The summed E-state index contributed by atoms with van der Waals surface area (Å²) in [5.41, 5.74) is 0.225. The first-order valence-corrected chi connectivity index (χ1v) is 11.7. The second-order valence-corrected chi connectivity index (χ2v) is 10.0. The van der Waals surface area contributed by atoms with Crippen molar-refractivity contribution in [1.29, 1.82) is 0 Å². The Bertz CT molecular complexity index is 1030. The monoisotopic (exact) mass is 475 g/mol. The van der Waals surface area contributed by atoms with Gasteiger partial charge in [-0.1, -0.05) is 35.5 Å². The third-order valence-electron chi connectivity index (χ3n) is 4.62. The van der Waals surface area contributed by atoms with Crippen molar-refractivity contribution >= 4 is 45.0 Å². The van der Waals surface area contributed by atoms with E-state index in [0.717, 1.165) is 0 Å². The van der Waals surface area contributed by atoms with Gasteiger partial charge in [0.1, 0.15) is 0 Å². The van der Waals surface area contributed by atoms with Crippen LogP contribution in [-0.2, 0) is 10.0 Å². The number of hydrogen-bond acceptors (Lipinski definition) is 5. The first-order chi connectivity index (χ1) is 14.2. The van der Waals surface area contributed by atoms with Gasteiger partial charge < -0.3 is 10.2 Å². The number of alkyl halides is 2. The number of nitrogens with one attached hydrogen (secondary N) is 1. The second kappa shape index (κ2) is 9.61. The van der Waals surface area contributed by atoms with Crippen molar-refractivity contribution in [3.05, 3.63) is 53.1 Å². The number of hydrogen-bond donors (Lipinski definition) is 1. The van der Waals surface area contributed by atoms with Crippen LogP contribution in [0.4, 0.5) is 14.5 Å². The molecule has 1 aliphatic heterocycles. The molecule has 0 aliphatic carbocycles. The highest BCUT2D eigenvalue weighted by atomic mass is 35.5. The number of piperazine rings is 1. The summed E-state index contributed by atoms with van der Waals surface area (Å²) in [6.07, 6.45) is 0. The van der Waals surface area contributed by atoms with Crippen LogP contribution in [0.2, 0.25) is 5.02 Å². The van der Waals surface area contributed by atoms with Crippen molar-refractivity contribution in [3.8, 4) is 0 Å². The van der Waals surface area contributed by atoms with E-state index in [9.17, 15) is 22.0 Å². The van der Waals surface area contributed by atoms with E-state index in [1.807, 2.05) is 11.9 Å². The molecule has 1 heterocycles. The van der Waals surface area contributed by atoms with Crippen LogP contribution in [0.25, 0.3) is 0 Å². The van der Waals surface area contributed by atoms with Gasteiger partial charge in [0.2, 0.25) is 10.0 Å². The lowest BCUT2D eigenvalue weighted by molar-refractivity contribution is 0.102. The number of carbonyl (C=O) groups is 1. The Morgan fingerprint density at radius 2 is 1.80 bits per heavy atom. The van der Waals surface area contributed by atoms with E-state index in [0.29, 0.717) is 26.2 Å². The van der Waals surface area contributed by atoms with Gasteiger partial charge in [-0.05, 0) is 37.4 Å². The van der Waals surface area contributed by atoms with E-state index in [4.69, 9.17) is 11.6 Å². The number of anilines is 1. The number of sulfonamides is 1. The van der Waals surface area contributed by atoms with Crippen LogP contribution in [-0.4, -0.2) is 62.5 Å². The minimum absolute atomic E-state index is 0.00739. The molecule has 0 atom stereocenters. The van der Waals surface area contributed by atoms with E-state index in [1.54, 1.807) is 0 Å². The van der Waals surface area contributed by atoms with Gasteiger partial charge in [-0.2, -0.15) is 13.1 Å². The molecule has 0 saturated carbocycles. The van der Waals surface area contributed by atoms with Crippen molar-refractivity contribution in [3.63, 3.8) is 0 Å². The Labute approximate surface area is 183 Å². The molecule has 1 saturated heterocycles. The van der Waals surface area contributed by atoms with Gasteiger partial charge in [-0.25, -0.2) is 8.42 Å². The van der Waals surface area contributed by atoms with E-state index in [2.05, 4.69) is 5.32 Å². The molecule has 0 radical (unpaired) electrons. The molecule has 162 valence electrons. The smallest absolute Gasteiger partial charge is 0.289 e. The van der Waals surface area contributed by atoms with Crippen LogP contribution in [0.15, 0.2) is 52.3 Å². The Kier molecular flexibility index (Phi) is 7.35. The number of benzene rings is 2. The molecule has 1 aliphatic rings. The Morgan fingerprint density at radius 3 is 2.47 bits per heavy atom. The Balaban J connectivity index is 1.83. The van der Waals surface area contributed by atoms with Gasteiger partial charge >= 0.3 is 0 Å². The molecule has 3 rings (SSSR count). The minimum atomic E-state index is -3.74. The predicted molar refractivity (Wildman–Crippen MR) is 114 cm³/mol. The lowest BCUT2D eigenvalue weighted by atomic mass is 10.2. The molecule has 2 aromatic rings. The SMILES string of the molecule is CN1CCN(S(=O)(=O)c2cccc(C(=O)Nc3cccc(Cl)c3SC(F)F)c2)CC1. The molecular weight excluding hydrogens is 456 g/mol. The summed E-state index contributed by atoms with van der Waals surface area (Å²) in [4.78, 5) is 14.8. The summed E-state index contributed by atoms with van der Waals surface area (Å²) in [5, 5.41) is 2.63. The molecule has 0 unspecified atom stereocenters. The molecule has 6 nitrogen and oxygen atoms in total. The second-order valence-electron chi connectivity index (χ2n) is 6.68. The fourth-order valence-electron chi connectivity index (χ4n) is 2.99. The first kappa shape index (κ1) is 23.0. The van der Waals surface area contributed by atoms with Crippen molar-refractivity contribution in [2.45, 2.75) is 15.5 Å². The van der Waals surface area contributed by atoms with Crippen molar-refractivity contribution in [1.82, 2.24) is 9.21 Å². The molecule has 30 heavy (non-hydrogen) atoms. The molecule has 1 fully saturated rings. The number of nitrogens with zero attached hydrogens (tertiary/aromatic N) is 2. The summed E-state index contributed by atoms with van der Waals surface area (Å²) in [6.45, 7) is 1.98. The van der Waals surface area contributed by atoms with Gasteiger partial charge in [-0.3, -0.25) is 4.79 Å². The molecular formula is C19H20ClF2N3O3S2. The topological polar surface area (TPSA) is 69.7 Å². The number of amides is 1. The molecule has 0 spiro atoms. The first-order valence-electron chi connectivity index (χ1n) is 9.02. The van der Waals surface area contributed by atoms with Gasteiger partial charge in [0, 0.05) is 31.7 Å². The summed E-state index contributed by atoms with van der Waals surface area (Å²) in [7, 11) is -1.82. The van der Waals surface area contributed by atoms with Gasteiger partial charge in [0.15, 0.2) is 0 Å². The molecule has 1 N–H and O–H groups in total. The zero-order valence-electron chi connectivity index (χ0n) is 16.0. The van der Waals surface area contributed by atoms with Crippen molar-refractivity contribution in [2.75, 3.05) is 38.5 Å². The molecule has 1 amide bonds. The maximum Gasteiger partial charge on any atom is 0.289 e. The van der Waals surface area contributed by atoms with E-state index in [1.165, 1.54) is 46.8 Å². The van der Waals surface area contributed by atoms with E-state index >= 15 is 0 Å². The summed E-state index contributed by atoms with van der Waals surface area (Å²) < 4.78 is 52.9. The lowest BCUT2D eigenvalue weighted by Gasteiger charge is -2.31. The zero-order valence-corrected chi connectivity index (χ0v) is 18.4. The fourth-order valence-corrected chi connectivity index (χ4v) is 5.37. The van der Waals surface area contributed by atoms with Crippen LogP contribution in [0, 0.1) is 0 Å². The quantitative estimate of drug-likeness (QED) is 0.643. The van der Waals surface area contributed by atoms with Crippen LogP contribution in [0.3, 0.4) is 0 Å². The van der Waals surface area contributed by atoms with Crippen LogP contribution in [0.5, 0.6) is 0 Å². The highest BCUT2D eigenvalue weighted by Gasteiger charge is 2.28. The Morgan fingerprint density at radius 1 is 1.13 bits per heavy atom. The number of carbonyl (C=O) groups excluding carboxylic acids is 1. The van der Waals surface area contributed by atoms with Gasteiger partial charge in [0.05, 0.1) is 20.5 Å². The highest BCUT2D eigenvalue weighted by Crippen LogP contribution is 2.37. The van der Waals surface area contributed by atoms with Crippen molar-refractivity contribution in [2.24, 2.45) is 0 Å². The maximum absolute atomic E-state index is 12.9. The average Bonchev–Trinajstić information content (AvgIpc) is 2.71. The number of rotatable bonds is 6. The number of halogens is 3. The van der Waals surface area contributed by atoms with Crippen molar-refractivity contribution < 1.29 is 22.0 Å². The zero-order chi connectivity index (χ0) is 21.9. The standard InChI is InChI=1S/C19H20ClF2N3O3S2/c1-24-8-10-25(11-9-24)30(27,28)14-5-2-4-13(12-14)18(26)23-16-7-3-6-15(20)17(16)29-19(21)22/h2-7,12,19H,8-11H2,1H3,(H,23,26). The number of likely N-dealkylation sites (N-methyl/N-ethyl adjacent to an activating group) is 1. The minimum Gasteiger partial charge on any atom is -0.321 e. The molecule has 2 aromatic carbocycles. The molecule has 11 heteroatoms. The molecule has 0 aromatic heterocycles. The largest absolute Gasteiger partial charge is 0.321 e. The van der Waals surface area contributed by atoms with E-state index < -0.39 is 21.7 Å². The van der Waals surface area contributed by atoms with Gasteiger partial charge in [0.25, 0.3) is 11.7 Å². The summed E-state index contributed by atoms with van der Waals surface area (Å²) in [6, 6.07) is 10.1. The Hall–Kier alpha value is -1.72. The summed E-state index contributed by atoms with van der Waals surface area (Å²) in [5.74, 6) is -3.33. The highest BCUT2D eigenvalue weighted by molar-refractivity contribution is 7.99. The van der Waals surface area contributed by atoms with Crippen LogP contribution in [0.1, 0.15) is 10.4 Å². The maximum atomic E-state index is 12.9. The van der Waals surface area contributed by atoms with Gasteiger partial charge in [-0.15, -0.1) is 0 Å².